The molecule has 2 atom stereocenters. The minimum Gasteiger partial charge on any atom is -0.479 e. The molecule has 2 unspecified atom stereocenters. The van der Waals surface area contributed by atoms with Crippen molar-refractivity contribution in [3.63, 3.8) is 0 Å². The van der Waals surface area contributed by atoms with Gasteiger partial charge in [0.25, 0.3) is 0 Å². The number of alkyl halides is 1. The molecular formula is C9H7F3O3. The van der Waals surface area contributed by atoms with Crippen LogP contribution in [0.4, 0.5) is 13.2 Å². The largest absolute Gasteiger partial charge is 0.479 e. The van der Waals surface area contributed by atoms with E-state index < -0.39 is 35.4 Å². The Bertz CT molecular complexity index is 381. The zero-order valence-electron chi connectivity index (χ0n) is 7.32. The molecule has 0 amide bonds. The minimum absolute atomic E-state index is 0.438. The lowest BCUT2D eigenvalue weighted by Gasteiger charge is -2.12. The van der Waals surface area contributed by atoms with Crippen LogP contribution >= 0.6 is 0 Å². The van der Waals surface area contributed by atoms with Gasteiger partial charge in [-0.25, -0.2) is 18.0 Å². The lowest BCUT2D eigenvalue weighted by atomic mass is 10.0. The first-order valence-electron chi connectivity index (χ1n) is 3.93. The van der Waals surface area contributed by atoms with Gasteiger partial charge in [-0.15, -0.1) is 0 Å². The number of rotatable bonds is 3. The molecule has 0 aromatic heterocycles. The maximum absolute atomic E-state index is 13.0. The van der Waals surface area contributed by atoms with Crippen LogP contribution in [0, 0.1) is 11.6 Å². The van der Waals surface area contributed by atoms with Crippen LogP contribution in [-0.2, 0) is 4.79 Å². The fourth-order valence-corrected chi connectivity index (χ4v) is 1.03. The van der Waals surface area contributed by atoms with Gasteiger partial charge >= 0.3 is 5.97 Å². The number of hydrogen-bond donors (Lipinski definition) is 2. The van der Waals surface area contributed by atoms with Gasteiger partial charge in [-0.05, 0) is 6.07 Å². The van der Waals surface area contributed by atoms with E-state index in [0.717, 1.165) is 12.1 Å². The van der Waals surface area contributed by atoms with E-state index in [4.69, 9.17) is 10.2 Å². The Morgan fingerprint density at radius 1 is 1.33 bits per heavy atom. The molecule has 6 heteroatoms. The molecule has 0 radical (unpaired) electrons. The van der Waals surface area contributed by atoms with Crippen LogP contribution in [0.5, 0.6) is 0 Å². The molecule has 0 saturated heterocycles. The van der Waals surface area contributed by atoms with Crippen molar-refractivity contribution in [2.75, 3.05) is 0 Å². The molecular weight excluding hydrogens is 213 g/mol. The van der Waals surface area contributed by atoms with E-state index in [2.05, 4.69) is 0 Å². The number of aliphatic carboxylic acids is 1. The van der Waals surface area contributed by atoms with Crippen molar-refractivity contribution in [3.8, 4) is 0 Å². The van der Waals surface area contributed by atoms with Crippen molar-refractivity contribution < 1.29 is 28.2 Å². The van der Waals surface area contributed by atoms with Gasteiger partial charge < -0.3 is 10.2 Å². The number of aliphatic hydroxyl groups is 1. The highest BCUT2D eigenvalue weighted by Crippen LogP contribution is 2.22. The van der Waals surface area contributed by atoms with Crippen LogP contribution in [0.3, 0.4) is 0 Å². The summed E-state index contributed by atoms with van der Waals surface area (Å²) in [7, 11) is 0. The van der Waals surface area contributed by atoms with E-state index in [1.165, 1.54) is 0 Å². The number of carboxylic acid groups (broad SMARTS) is 1. The summed E-state index contributed by atoms with van der Waals surface area (Å²) in [5.74, 6) is -3.99. The van der Waals surface area contributed by atoms with Crippen LogP contribution in [0.2, 0.25) is 0 Å². The number of benzene rings is 1. The van der Waals surface area contributed by atoms with Gasteiger partial charge in [-0.1, -0.05) is 6.07 Å². The van der Waals surface area contributed by atoms with Crippen LogP contribution in [0.25, 0.3) is 0 Å². The Hall–Kier alpha value is -1.56. The van der Waals surface area contributed by atoms with Crippen molar-refractivity contribution in [3.05, 3.63) is 35.4 Å². The maximum Gasteiger partial charge on any atom is 0.341 e. The maximum atomic E-state index is 13.0. The third kappa shape index (κ3) is 2.47. The molecule has 0 fully saturated rings. The molecule has 2 N–H and O–H groups in total. The van der Waals surface area contributed by atoms with Gasteiger partial charge in [-0.2, -0.15) is 0 Å². The van der Waals surface area contributed by atoms with Crippen molar-refractivity contribution in [1.82, 2.24) is 0 Å². The van der Waals surface area contributed by atoms with Gasteiger partial charge in [0, 0.05) is 11.6 Å². The fourth-order valence-electron chi connectivity index (χ4n) is 1.03. The number of hydrogen-bond acceptors (Lipinski definition) is 2. The molecule has 82 valence electrons. The predicted octanol–water partition coefficient (Wildman–Crippen LogP) is 1.42. The number of halogens is 3. The van der Waals surface area contributed by atoms with Crippen LogP contribution in [0.1, 0.15) is 11.7 Å². The van der Waals surface area contributed by atoms with Gasteiger partial charge in [0.05, 0.1) is 0 Å². The molecule has 0 bridgehead atoms. The smallest absolute Gasteiger partial charge is 0.341 e. The van der Waals surface area contributed by atoms with Gasteiger partial charge in [-0.3, -0.25) is 0 Å². The molecule has 1 aromatic carbocycles. The van der Waals surface area contributed by atoms with Crippen molar-refractivity contribution >= 4 is 5.97 Å². The second-order valence-corrected chi connectivity index (χ2v) is 2.85. The van der Waals surface area contributed by atoms with Crippen molar-refractivity contribution in [2.45, 2.75) is 12.3 Å². The summed E-state index contributed by atoms with van der Waals surface area (Å²) in [6, 6.07) is 2.04. The Balaban J connectivity index is 3.01. The number of carboxylic acids is 1. The lowest BCUT2D eigenvalue weighted by Crippen LogP contribution is -2.24. The SMILES string of the molecule is O=C(O)C(F)C(O)c1ccc(F)cc1F. The standard InChI is InChI=1S/C9H7F3O3/c10-4-1-2-5(6(11)3-4)8(13)7(12)9(14)15/h1-3,7-8,13H,(H,14,15). The van der Waals surface area contributed by atoms with Gasteiger partial charge in [0.2, 0.25) is 6.17 Å². The van der Waals surface area contributed by atoms with E-state index in [1.807, 2.05) is 0 Å². The van der Waals surface area contributed by atoms with Gasteiger partial charge in [0.1, 0.15) is 17.7 Å². The summed E-state index contributed by atoms with van der Waals surface area (Å²) in [4.78, 5) is 10.2. The Labute approximate surface area is 82.8 Å². The second-order valence-electron chi connectivity index (χ2n) is 2.85. The normalized spacial score (nSPS) is 14.7. The quantitative estimate of drug-likeness (QED) is 0.809. The summed E-state index contributed by atoms with van der Waals surface area (Å²) >= 11 is 0. The molecule has 0 spiro atoms. The average Bonchev–Trinajstić information content (AvgIpc) is 2.15. The van der Waals surface area contributed by atoms with Crippen LogP contribution in [0.15, 0.2) is 18.2 Å². The first-order chi connectivity index (χ1) is 6.93. The van der Waals surface area contributed by atoms with E-state index in [0.29, 0.717) is 6.07 Å². The van der Waals surface area contributed by atoms with Crippen molar-refractivity contribution in [2.24, 2.45) is 0 Å². The van der Waals surface area contributed by atoms with E-state index in [1.54, 1.807) is 0 Å². The lowest BCUT2D eigenvalue weighted by molar-refractivity contribution is -0.147. The summed E-state index contributed by atoms with van der Waals surface area (Å²) in [5, 5.41) is 17.3. The predicted molar refractivity (Wildman–Crippen MR) is 43.8 cm³/mol. The third-order valence-electron chi connectivity index (χ3n) is 1.79. The highest BCUT2D eigenvalue weighted by Gasteiger charge is 2.29. The summed E-state index contributed by atoms with van der Waals surface area (Å²) < 4.78 is 38.2. The molecule has 0 saturated carbocycles. The molecule has 0 aliphatic heterocycles. The van der Waals surface area contributed by atoms with E-state index in [9.17, 15) is 18.0 Å². The average molecular weight is 220 g/mol. The van der Waals surface area contributed by atoms with Crippen LogP contribution < -0.4 is 0 Å². The molecule has 1 aromatic rings. The summed E-state index contributed by atoms with van der Waals surface area (Å²) in [6.45, 7) is 0. The van der Waals surface area contributed by atoms with Gasteiger partial charge in [0.15, 0.2) is 0 Å². The third-order valence-corrected chi connectivity index (χ3v) is 1.79. The monoisotopic (exact) mass is 220 g/mol. The van der Waals surface area contributed by atoms with Crippen molar-refractivity contribution in [1.29, 1.82) is 0 Å². The molecule has 15 heavy (non-hydrogen) atoms. The summed E-state index contributed by atoms with van der Waals surface area (Å²) in [5.41, 5.74) is -0.591. The Kier molecular flexibility index (Phi) is 3.31. The first kappa shape index (κ1) is 11.5. The fraction of sp³-hybridized carbons (Fsp3) is 0.222. The highest BCUT2D eigenvalue weighted by molar-refractivity contribution is 5.73. The molecule has 0 heterocycles. The molecule has 0 aliphatic carbocycles. The zero-order valence-corrected chi connectivity index (χ0v) is 7.32. The topological polar surface area (TPSA) is 57.5 Å². The minimum atomic E-state index is -2.65. The second kappa shape index (κ2) is 4.31. The Morgan fingerprint density at radius 3 is 2.40 bits per heavy atom. The molecule has 0 aliphatic rings. The number of aliphatic hydroxyl groups excluding tert-OH is 1. The van der Waals surface area contributed by atoms with Crippen LogP contribution in [-0.4, -0.2) is 22.4 Å². The zero-order chi connectivity index (χ0) is 11.6. The Morgan fingerprint density at radius 2 is 1.93 bits per heavy atom. The molecule has 3 nitrogen and oxygen atoms in total. The highest BCUT2D eigenvalue weighted by atomic mass is 19.1. The first-order valence-corrected chi connectivity index (χ1v) is 3.93. The number of carbonyl (C=O) groups is 1. The molecule has 1 rings (SSSR count). The summed E-state index contributed by atoms with van der Waals surface area (Å²) in [6.07, 6.45) is -4.80. The van der Waals surface area contributed by atoms with E-state index in [-0.39, 0.29) is 0 Å². The van der Waals surface area contributed by atoms with E-state index >= 15 is 0 Å².